The van der Waals surface area contributed by atoms with E-state index in [1.165, 1.54) is 16.2 Å². The van der Waals surface area contributed by atoms with E-state index >= 15 is 0 Å². The lowest BCUT2D eigenvalue weighted by Crippen LogP contribution is -2.43. The normalized spacial score (nSPS) is 15.2. The fourth-order valence-corrected chi connectivity index (χ4v) is 4.35. The van der Waals surface area contributed by atoms with E-state index in [1.807, 2.05) is 13.8 Å². The summed E-state index contributed by atoms with van der Waals surface area (Å²) < 4.78 is 11.8. The molecule has 35 heavy (non-hydrogen) atoms. The second-order valence-corrected chi connectivity index (χ2v) is 9.23. The number of amides is 3. The van der Waals surface area contributed by atoms with Gasteiger partial charge in [-0.25, -0.2) is 4.98 Å². The van der Waals surface area contributed by atoms with Gasteiger partial charge in [0.1, 0.15) is 23.3 Å². The van der Waals surface area contributed by atoms with Crippen molar-refractivity contribution in [3.05, 3.63) is 65.2 Å². The van der Waals surface area contributed by atoms with Crippen LogP contribution in [0.1, 0.15) is 47.4 Å². The molecule has 1 aliphatic heterocycles. The van der Waals surface area contributed by atoms with Crippen molar-refractivity contribution >= 4 is 34.2 Å². The van der Waals surface area contributed by atoms with Crippen LogP contribution in [-0.4, -0.2) is 46.3 Å². The molecular weight excluding hydrogens is 468 g/mol. The van der Waals surface area contributed by atoms with Crippen molar-refractivity contribution in [3.63, 3.8) is 0 Å². The minimum Gasteiger partial charge on any atom is -0.491 e. The van der Waals surface area contributed by atoms with Crippen molar-refractivity contribution in [2.75, 3.05) is 11.9 Å². The maximum absolute atomic E-state index is 12.8. The summed E-state index contributed by atoms with van der Waals surface area (Å²) in [7, 11) is 0. The number of thiazole rings is 1. The third-order valence-electron chi connectivity index (χ3n) is 5.35. The van der Waals surface area contributed by atoms with Crippen LogP contribution < -0.4 is 20.5 Å². The first kappa shape index (κ1) is 24.2. The lowest BCUT2D eigenvalue weighted by molar-refractivity contribution is -0.121. The number of carbonyl (C=O) groups is 3. The molecule has 1 fully saturated rings. The Morgan fingerprint density at radius 3 is 2.49 bits per heavy atom. The van der Waals surface area contributed by atoms with Crippen molar-refractivity contribution in [1.29, 1.82) is 0 Å². The third-order valence-corrected chi connectivity index (χ3v) is 6.03. The van der Waals surface area contributed by atoms with Crippen molar-refractivity contribution in [1.82, 2.24) is 9.88 Å². The number of aromatic nitrogens is 1. The lowest BCUT2D eigenvalue weighted by atomic mass is 10.1. The highest BCUT2D eigenvalue weighted by Crippen LogP contribution is 2.29. The summed E-state index contributed by atoms with van der Waals surface area (Å²) in [6, 6.07) is 11.0. The van der Waals surface area contributed by atoms with Gasteiger partial charge in [0.2, 0.25) is 5.91 Å². The van der Waals surface area contributed by atoms with E-state index in [2.05, 4.69) is 10.3 Å². The second kappa shape index (κ2) is 10.6. The molecule has 3 N–H and O–H groups in total. The standard InChI is InChI=1S/C25H26N4O5S/c1-15(2)33-19-12-17(23(31)28-25-27-9-11-35-25)13-20(14-19)34-18-7-5-16(6-8-18)24(32)29-10-3-4-21(29)22(26)30/h5-9,11-15,21H,3-4,10H2,1-2H3,(H2,26,30)(H,27,28,31). The van der Waals surface area contributed by atoms with Crippen molar-refractivity contribution in [3.8, 4) is 17.2 Å². The maximum Gasteiger partial charge on any atom is 0.257 e. The number of nitrogens with two attached hydrogens (primary N) is 1. The molecule has 1 atom stereocenters. The Morgan fingerprint density at radius 2 is 1.83 bits per heavy atom. The molecule has 9 nitrogen and oxygen atoms in total. The van der Waals surface area contributed by atoms with Crippen molar-refractivity contribution < 1.29 is 23.9 Å². The molecule has 0 radical (unpaired) electrons. The smallest absolute Gasteiger partial charge is 0.257 e. The van der Waals surface area contributed by atoms with Crippen LogP contribution in [0.3, 0.4) is 0 Å². The van der Waals surface area contributed by atoms with Gasteiger partial charge < -0.3 is 20.1 Å². The van der Waals surface area contributed by atoms with Crippen LogP contribution in [0.15, 0.2) is 54.0 Å². The Bertz CT molecular complexity index is 1210. The fourth-order valence-electron chi connectivity index (χ4n) is 3.83. The van der Waals surface area contributed by atoms with Gasteiger partial charge in [-0.05, 0) is 63.1 Å². The van der Waals surface area contributed by atoms with Gasteiger partial charge in [-0.1, -0.05) is 0 Å². The fraction of sp³-hybridized carbons (Fsp3) is 0.280. The first-order chi connectivity index (χ1) is 16.8. The monoisotopic (exact) mass is 494 g/mol. The molecule has 10 heteroatoms. The summed E-state index contributed by atoms with van der Waals surface area (Å²) in [5, 5.41) is 5.01. The minimum absolute atomic E-state index is 0.0970. The molecule has 3 amide bonds. The molecule has 3 aromatic rings. The zero-order chi connectivity index (χ0) is 24.9. The van der Waals surface area contributed by atoms with Crippen molar-refractivity contribution in [2.45, 2.75) is 38.8 Å². The molecule has 1 aliphatic rings. The van der Waals surface area contributed by atoms with E-state index in [9.17, 15) is 14.4 Å². The Morgan fingerprint density at radius 1 is 1.09 bits per heavy atom. The minimum atomic E-state index is -0.573. The summed E-state index contributed by atoms with van der Waals surface area (Å²) in [6.07, 6.45) is 2.84. The number of carbonyl (C=O) groups excluding carboxylic acids is 3. The molecule has 0 aliphatic carbocycles. The number of anilines is 1. The third kappa shape index (κ3) is 5.96. The first-order valence-electron chi connectivity index (χ1n) is 11.2. The van der Waals surface area contributed by atoms with Gasteiger partial charge in [0, 0.05) is 35.3 Å². The highest BCUT2D eigenvalue weighted by atomic mass is 32.1. The zero-order valence-electron chi connectivity index (χ0n) is 19.4. The van der Waals surface area contributed by atoms with Gasteiger partial charge in [-0.3, -0.25) is 19.7 Å². The summed E-state index contributed by atoms with van der Waals surface area (Å²) in [5.41, 5.74) is 6.22. The van der Waals surface area contributed by atoms with Crippen LogP contribution in [0, 0.1) is 0 Å². The highest BCUT2D eigenvalue weighted by Gasteiger charge is 2.33. The predicted molar refractivity (Wildman–Crippen MR) is 132 cm³/mol. The van der Waals surface area contributed by atoms with E-state index in [1.54, 1.807) is 54.0 Å². The summed E-state index contributed by atoms with van der Waals surface area (Å²) >= 11 is 1.32. The van der Waals surface area contributed by atoms with Gasteiger partial charge in [-0.15, -0.1) is 11.3 Å². The number of hydrogen-bond donors (Lipinski definition) is 2. The first-order valence-corrected chi connectivity index (χ1v) is 12.1. The molecule has 2 aromatic carbocycles. The van der Waals surface area contributed by atoms with E-state index in [-0.39, 0.29) is 17.9 Å². The number of benzene rings is 2. The quantitative estimate of drug-likeness (QED) is 0.487. The van der Waals surface area contributed by atoms with Gasteiger partial charge in [0.05, 0.1) is 6.10 Å². The topological polar surface area (TPSA) is 124 Å². The number of nitrogens with zero attached hydrogens (tertiary/aromatic N) is 2. The highest BCUT2D eigenvalue weighted by molar-refractivity contribution is 7.13. The summed E-state index contributed by atoms with van der Waals surface area (Å²) in [6.45, 7) is 4.28. The Balaban J connectivity index is 1.52. The molecule has 0 bridgehead atoms. The zero-order valence-corrected chi connectivity index (χ0v) is 20.2. The second-order valence-electron chi connectivity index (χ2n) is 8.34. The Kier molecular flexibility index (Phi) is 7.31. The van der Waals surface area contributed by atoms with Crippen LogP contribution in [0.25, 0.3) is 0 Å². The van der Waals surface area contributed by atoms with Crippen LogP contribution in [0.4, 0.5) is 5.13 Å². The molecule has 1 saturated heterocycles. The molecule has 4 rings (SSSR count). The summed E-state index contributed by atoms with van der Waals surface area (Å²) in [4.78, 5) is 42.8. The number of likely N-dealkylation sites (tertiary alicyclic amines) is 1. The molecule has 1 aromatic heterocycles. The number of ether oxygens (including phenoxy) is 2. The van der Waals surface area contributed by atoms with E-state index in [4.69, 9.17) is 15.2 Å². The Hall–Kier alpha value is -3.92. The van der Waals surface area contributed by atoms with Gasteiger partial charge in [0.15, 0.2) is 5.13 Å². The van der Waals surface area contributed by atoms with Crippen LogP contribution in [0.2, 0.25) is 0 Å². The molecule has 2 heterocycles. The summed E-state index contributed by atoms with van der Waals surface area (Å²) in [5.74, 6) is 0.289. The van der Waals surface area contributed by atoms with Crippen LogP contribution in [0.5, 0.6) is 17.2 Å². The molecule has 182 valence electrons. The molecule has 0 spiro atoms. The van der Waals surface area contributed by atoms with Crippen LogP contribution in [-0.2, 0) is 4.79 Å². The van der Waals surface area contributed by atoms with Crippen molar-refractivity contribution in [2.24, 2.45) is 5.73 Å². The maximum atomic E-state index is 12.8. The van der Waals surface area contributed by atoms with E-state index in [0.717, 1.165) is 6.42 Å². The molecule has 0 saturated carbocycles. The number of nitrogens with one attached hydrogen (secondary N) is 1. The van der Waals surface area contributed by atoms with Gasteiger partial charge in [-0.2, -0.15) is 0 Å². The SMILES string of the molecule is CC(C)Oc1cc(Oc2ccc(C(=O)N3CCCC3C(N)=O)cc2)cc(C(=O)Nc2nccs2)c1. The Labute approximate surface area is 206 Å². The number of primary amides is 1. The number of hydrogen-bond acceptors (Lipinski definition) is 7. The predicted octanol–water partition coefficient (Wildman–Crippen LogP) is 4.06. The largest absolute Gasteiger partial charge is 0.491 e. The van der Waals surface area contributed by atoms with E-state index in [0.29, 0.717) is 46.5 Å². The van der Waals surface area contributed by atoms with Gasteiger partial charge >= 0.3 is 0 Å². The number of rotatable bonds is 8. The molecular formula is C25H26N4O5S. The van der Waals surface area contributed by atoms with Gasteiger partial charge in [0.25, 0.3) is 11.8 Å². The average molecular weight is 495 g/mol. The average Bonchev–Trinajstić information content (AvgIpc) is 3.51. The molecule has 1 unspecified atom stereocenters. The lowest BCUT2D eigenvalue weighted by Gasteiger charge is -2.22. The van der Waals surface area contributed by atoms with Crippen LogP contribution >= 0.6 is 11.3 Å². The van der Waals surface area contributed by atoms with E-state index < -0.39 is 11.9 Å².